The number of ether oxygens (including phenoxy) is 1. The number of hydrogen-bond donors (Lipinski definition) is 1. The molecule has 0 saturated carbocycles. The van der Waals surface area contributed by atoms with Crippen molar-refractivity contribution in [1.82, 2.24) is 10.2 Å². The number of hydrogen-bond acceptors (Lipinski definition) is 4. The number of likely N-dealkylation sites (tertiary alicyclic amines) is 1. The second-order valence-corrected chi connectivity index (χ2v) is 7.32. The van der Waals surface area contributed by atoms with E-state index in [0.717, 1.165) is 5.56 Å². The van der Waals surface area contributed by atoms with Gasteiger partial charge in [-0.2, -0.15) is 0 Å². The van der Waals surface area contributed by atoms with E-state index < -0.39 is 0 Å². The van der Waals surface area contributed by atoms with Crippen molar-refractivity contribution in [3.63, 3.8) is 0 Å². The molecule has 154 valence electrons. The van der Waals surface area contributed by atoms with Gasteiger partial charge in [0.05, 0.1) is 6.26 Å². The number of rotatable bonds is 6. The molecule has 1 N–H and O–H groups in total. The van der Waals surface area contributed by atoms with Crippen LogP contribution in [0.2, 0.25) is 0 Å². The highest BCUT2D eigenvalue weighted by atomic mass is 16.5. The molecule has 1 aliphatic heterocycles. The topological polar surface area (TPSA) is 71.8 Å². The molecule has 0 aliphatic carbocycles. The van der Waals surface area contributed by atoms with Crippen LogP contribution in [0.15, 0.2) is 77.4 Å². The number of furan rings is 1. The first-order valence-corrected chi connectivity index (χ1v) is 10.1. The lowest BCUT2D eigenvalue weighted by atomic mass is 10.0. The third-order valence-electron chi connectivity index (χ3n) is 5.19. The zero-order valence-electron chi connectivity index (χ0n) is 16.6. The Morgan fingerprint density at radius 1 is 1.00 bits per heavy atom. The minimum absolute atomic E-state index is 0.0343. The van der Waals surface area contributed by atoms with E-state index in [4.69, 9.17) is 9.15 Å². The van der Waals surface area contributed by atoms with Gasteiger partial charge in [-0.05, 0) is 48.7 Å². The summed E-state index contributed by atoms with van der Waals surface area (Å²) in [6.07, 6.45) is 2.92. The molecule has 1 aromatic heterocycles. The quantitative estimate of drug-likeness (QED) is 0.677. The monoisotopic (exact) mass is 404 g/mol. The zero-order valence-corrected chi connectivity index (χ0v) is 16.6. The molecule has 6 nitrogen and oxygen atoms in total. The maximum absolute atomic E-state index is 12.7. The lowest BCUT2D eigenvalue weighted by molar-refractivity contribution is 0.0667. The number of nitrogens with zero attached hydrogens (tertiary/aromatic N) is 1. The summed E-state index contributed by atoms with van der Waals surface area (Å²) in [7, 11) is 0. The summed E-state index contributed by atoms with van der Waals surface area (Å²) >= 11 is 0. The molecule has 0 radical (unpaired) electrons. The second-order valence-electron chi connectivity index (χ2n) is 7.32. The van der Waals surface area contributed by atoms with Gasteiger partial charge >= 0.3 is 0 Å². The van der Waals surface area contributed by atoms with Crippen molar-refractivity contribution in [3.05, 3.63) is 89.9 Å². The van der Waals surface area contributed by atoms with Gasteiger partial charge in [0.15, 0.2) is 5.76 Å². The number of amides is 2. The van der Waals surface area contributed by atoms with E-state index in [1.165, 1.54) is 6.26 Å². The van der Waals surface area contributed by atoms with Gasteiger partial charge in [-0.15, -0.1) is 0 Å². The highest BCUT2D eigenvalue weighted by Crippen LogP contribution is 2.18. The average molecular weight is 404 g/mol. The number of piperidine rings is 1. The molecule has 2 amide bonds. The molecule has 0 unspecified atom stereocenters. The summed E-state index contributed by atoms with van der Waals surface area (Å²) in [5.41, 5.74) is 1.64. The Morgan fingerprint density at radius 2 is 1.80 bits per heavy atom. The molecule has 6 heteroatoms. The van der Waals surface area contributed by atoms with Crippen molar-refractivity contribution in [2.45, 2.75) is 25.5 Å². The number of carbonyl (C=O) groups excluding carboxylic acids is 2. The van der Waals surface area contributed by atoms with E-state index in [1.807, 2.05) is 42.5 Å². The molecule has 1 saturated heterocycles. The van der Waals surface area contributed by atoms with Gasteiger partial charge in [0.1, 0.15) is 12.4 Å². The van der Waals surface area contributed by atoms with Gasteiger partial charge in [0.25, 0.3) is 11.8 Å². The van der Waals surface area contributed by atoms with Crippen LogP contribution in [0, 0.1) is 0 Å². The van der Waals surface area contributed by atoms with E-state index in [-0.39, 0.29) is 17.9 Å². The molecule has 0 bridgehead atoms. The van der Waals surface area contributed by atoms with E-state index in [1.54, 1.807) is 29.2 Å². The number of benzene rings is 2. The molecular formula is C24H24N2O4. The van der Waals surface area contributed by atoms with Crippen LogP contribution in [0.25, 0.3) is 0 Å². The molecule has 2 aromatic carbocycles. The fourth-order valence-electron chi connectivity index (χ4n) is 3.52. The summed E-state index contributed by atoms with van der Waals surface area (Å²) < 4.78 is 11.0. The summed E-state index contributed by atoms with van der Waals surface area (Å²) in [6, 6.07) is 20.5. The van der Waals surface area contributed by atoms with Gasteiger partial charge in [-0.3, -0.25) is 9.59 Å². The normalized spacial score (nSPS) is 14.3. The molecule has 0 atom stereocenters. The molecule has 3 aromatic rings. The van der Waals surface area contributed by atoms with Crippen LogP contribution < -0.4 is 10.1 Å². The standard InChI is InChI=1S/C24H24N2O4/c27-23(19-8-4-9-21(16-19)30-17-18-6-2-1-3-7-18)25-20-11-13-26(14-12-20)24(28)22-10-5-15-29-22/h1-10,15-16,20H,11-14,17H2,(H,25,27). The first-order valence-electron chi connectivity index (χ1n) is 10.1. The van der Waals surface area contributed by atoms with Crippen molar-refractivity contribution in [3.8, 4) is 5.75 Å². The molecule has 2 heterocycles. The fourth-order valence-corrected chi connectivity index (χ4v) is 3.52. The highest BCUT2D eigenvalue weighted by Gasteiger charge is 2.26. The lowest BCUT2D eigenvalue weighted by Crippen LogP contribution is -2.46. The van der Waals surface area contributed by atoms with E-state index in [2.05, 4.69) is 5.32 Å². The molecule has 30 heavy (non-hydrogen) atoms. The van der Waals surface area contributed by atoms with Crippen LogP contribution >= 0.6 is 0 Å². The third kappa shape index (κ3) is 4.89. The minimum Gasteiger partial charge on any atom is -0.489 e. The summed E-state index contributed by atoms with van der Waals surface area (Å²) in [6.45, 7) is 1.63. The van der Waals surface area contributed by atoms with E-state index in [9.17, 15) is 9.59 Å². The number of carbonyl (C=O) groups is 2. The summed E-state index contributed by atoms with van der Waals surface area (Å²) in [5.74, 6) is 0.777. The first kappa shape index (κ1) is 19.8. The van der Waals surface area contributed by atoms with Crippen LogP contribution in [-0.4, -0.2) is 35.8 Å². The highest BCUT2D eigenvalue weighted by molar-refractivity contribution is 5.95. The van der Waals surface area contributed by atoms with Crippen LogP contribution in [0.5, 0.6) is 5.75 Å². The Morgan fingerprint density at radius 3 is 2.53 bits per heavy atom. The van der Waals surface area contributed by atoms with Crippen LogP contribution in [0.4, 0.5) is 0 Å². The Hall–Kier alpha value is -3.54. The number of nitrogens with one attached hydrogen (secondary N) is 1. The minimum atomic E-state index is -0.129. The van der Waals surface area contributed by atoms with Crippen LogP contribution in [-0.2, 0) is 6.61 Å². The van der Waals surface area contributed by atoms with Crippen LogP contribution in [0.1, 0.15) is 39.3 Å². The molecule has 4 rings (SSSR count). The van der Waals surface area contributed by atoms with Crippen molar-refractivity contribution in [1.29, 1.82) is 0 Å². The van der Waals surface area contributed by atoms with Gasteiger partial charge < -0.3 is 19.4 Å². The van der Waals surface area contributed by atoms with E-state index >= 15 is 0 Å². The van der Waals surface area contributed by atoms with Gasteiger partial charge in [0.2, 0.25) is 0 Å². The molecular weight excluding hydrogens is 380 g/mol. The van der Waals surface area contributed by atoms with Crippen molar-refractivity contribution >= 4 is 11.8 Å². The largest absolute Gasteiger partial charge is 0.489 e. The Kier molecular flexibility index (Phi) is 6.13. The van der Waals surface area contributed by atoms with E-state index in [0.29, 0.717) is 49.6 Å². The first-order chi connectivity index (χ1) is 14.7. The second kappa shape index (κ2) is 9.31. The maximum Gasteiger partial charge on any atom is 0.289 e. The van der Waals surface area contributed by atoms with Crippen molar-refractivity contribution < 1.29 is 18.7 Å². The smallest absolute Gasteiger partial charge is 0.289 e. The predicted molar refractivity (Wildman–Crippen MR) is 112 cm³/mol. The van der Waals surface area contributed by atoms with Gasteiger partial charge in [-0.1, -0.05) is 36.4 Å². The maximum atomic E-state index is 12.7. The molecule has 1 fully saturated rings. The molecule has 0 spiro atoms. The summed E-state index contributed by atoms with van der Waals surface area (Å²) in [4.78, 5) is 26.8. The fraction of sp³-hybridized carbons (Fsp3) is 0.250. The van der Waals surface area contributed by atoms with Gasteiger partial charge in [0, 0.05) is 24.7 Å². The Labute approximate surface area is 175 Å². The average Bonchev–Trinajstić information content (AvgIpc) is 3.34. The predicted octanol–water partition coefficient (Wildman–Crippen LogP) is 3.89. The van der Waals surface area contributed by atoms with Crippen molar-refractivity contribution in [2.24, 2.45) is 0 Å². The van der Waals surface area contributed by atoms with Crippen LogP contribution in [0.3, 0.4) is 0 Å². The van der Waals surface area contributed by atoms with Gasteiger partial charge in [-0.25, -0.2) is 0 Å². The molecule has 1 aliphatic rings. The summed E-state index contributed by atoms with van der Waals surface area (Å²) in [5, 5.41) is 3.07. The van der Waals surface area contributed by atoms with Crippen molar-refractivity contribution in [2.75, 3.05) is 13.1 Å². The lowest BCUT2D eigenvalue weighted by Gasteiger charge is -2.31. The SMILES string of the molecule is O=C(NC1CCN(C(=O)c2ccco2)CC1)c1cccc(OCc2ccccc2)c1. The Bertz CT molecular complexity index is 977. The zero-order chi connectivity index (χ0) is 20.8. The Balaban J connectivity index is 1.28. The third-order valence-corrected chi connectivity index (χ3v) is 5.19.